The van der Waals surface area contributed by atoms with Crippen LogP contribution in [0.25, 0.3) is 22.2 Å². The van der Waals surface area contributed by atoms with E-state index in [0.29, 0.717) is 42.4 Å². The second kappa shape index (κ2) is 10.8. The van der Waals surface area contributed by atoms with E-state index in [2.05, 4.69) is 20.2 Å². The van der Waals surface area contributed by atoms with Crippen LogP contribution in [0.15, 0.2) is 41.7 Å². The van der Waals surface area contributed by atoms with Crippen LogP contribution in [0.5, 0.6) is 5.75 Å². The highest BCUT2D eigenvalue weighted by Crippen LogP contribution is 2.36. The molecule has 2 amide bonds. The van der Waals surface area contributed by atoms with E-state index in [9.17, 15) is 19.5 Å². The summed E-state index contributed by atoms with van der Waals surface area (Å²) in [7, 11) is 1.54. The number of nitrogens with zero attached hydrogens (tertiary/aromatic N) is 5. The third kappa shape index (κ3) is 5.08. The molecule has 4 aromatic rings. The molecule has 4 heterocycles. The summed E-state index contributed by atoms with van der Waals surface area (Å²) >= 11 is 12.5. The topological polar surface area (TPSA) is 158 Å². The Morgan fingerprint density at radius 3 is 2.73 bits per heavy atom. The van der Waals surface area contributed by atoms with Gasteiger partial charge >= 0.3 is 0 Å². The first kappa shape index (κ1) is 27.4. The predicted octanol–water partition coefficient (Wildman–Crippen LogP) is 2.77. The number of primary amides is 1. The van der Waals surface area contributed by atoms with Crippen molar-refractivity contribution >= 4 is 57.6 Å². The zero-order chi connectivity index (χ0) is 28.7. The predicted molar refractivity (Wildman–Crippen MR) is 151 cm³/mol. The molecule has 5 rings (SSSR count). The van der Waals surface area contributed by atoms with E-state index < -0.39 is 17.6 Å². The third-order valence-electron chi connectivity index (χ3n) is 6.67. The maximum atomic E-state index is 13.2. The number of rotatable bonds is 6. The summed E-state index contributed by atoms with van der Waals surface area (Å²) in [4.78, 5) is 49.1. The van der Waals surface area contributed by atoms with Crippen molar-refractivity contribution < 1.29 is 19.4 Å². The first-order valence-electron chi connectivity index (χ1n) is 12.2. The van der Waals surface area contributed by atoms with Gasteiger partial charge in [0.15, 0.2) is 0 Å². The fourth-order valence-corrected chi connectivity index (χ4v) is 5.01. The van der Waals surface area contributed by atoms with Crippen LogP contribution in [-0.2, 0) is 23.1 Å². The fraction of sp³-hybridized carbons (Fsp3) is 0.269. The molecule has 1 atom stereocenters. The smallest absolute Gasteiger partial charge is 0.263 e. The van der Waals surface area contributed by atoms with Crippen LogP contribution in [0.4, 0.5) is 11.5 Å². The molecule has 12 nitrogen and oxygen atoms in total. The molecule has 0 saturated carbocycles. The molecule has 0 unspecified atom stereocenters. The van der Waals surface area contributed by atoms with E-state index in [0.717, 1.165) is 0 Å². The number of anilines is 2. The van der Waals surface area contributed by atoms with Crippen molar-refractivity contribution in [1.82, 2.24) is 19.1 Å². The number of pyridine rings is 1. The van der Waals surface area contributed by atoms with Crippen molar-refractivity contribution in [2.75, 3.05) is 30.0 Å². The van der Waals surface area contributed by atoms with Crippen molar-refractivity contribution in [3.63, 3.8) is 0 Å². The largest absolute Gasteiger partial charge is 0.506 e. The van der Waals surface area contributed by atoms with Crippen LogP contribution in [0.1, 0.15) is 17.3 Å². The number of hydrogen-bond donors (Lipinski definition) is 3. The van der Waals surface area contributed by atoms with Gasteiger partial charge in [-0.25, -0.2) is 9.97 Å². The third-order valence-corrected chi connectivity index (χ3v) is 7.26. The van der Waals surface area contributed by atoms with Crippen molar-refractivity contribution in [3.05, 3.63) is 62.9 Å². The molecule has 1 aromatic carbocycles. The number of fused-ring (bicyclic) bond motifs is 1. The Bertz CT molecular complexity index is 1720. The van der Waals surface area contributed by atoms with Crippen molar-refractivity contribution in [3.8, 4) is 16.9 Å². The maximum absolute atomic E-state index is 13.2. The van der Waals surface area contributed by atoms with Gasteiger partial charge in [-0.2, -0.15) is 0 Å². The number of benzene rings is 1. The van der Waals surface area contributed by atoms with Gasteiger partial charge in [-0.15, -0.1) is 0 Å². The van der Waals surface area contributed by atoms with Gasteiger partial charge in [0.25, 0.3) is 11.5 Å². The number of nitrogens with one attached hydrogen (secondary N) is 1. The van der Waals surface area contributed by atoms with E-state index in [1.54, 1.807) is 19.3 Å². The molecule has 0 aliphatic carbocycles. The summed E-state index contributed by atoms with van der Waals surface area (Å²) in [5.41, 5.74) is 6.12. The summed E-state index contributed by atoms with van der Waals surface area (Å²) in [6, 6.07) is 4.55. The molecular formula is C26H25Cl2N7O5. The monoisotopic (exact) mass is 585 g/mol. The van der Waals surface area contributed by atoms with Crippen molar-refractivity contribution in [2.24, 2.45) is 12.8 Å². The van der Waals surface area contributed by atoms with Gasteiger partial charge in [-0.3, -0.25) is 14.4 Å². The standard InChI is InChI=1S/C26H25Cl2N7O5/c1-13-11-40-4-3-35(13)20-7-19(18(28)8-30-20)32-21(36)10-34-9-16(22-25(34)31-12-33(2)26(22)39)14-5-15(24(29)38)23(37)17(27)6-14/h5-9,12-13,37H,3-4,10-11H2,1-2H3,(H2,29,38)(H,30,32,36)/t13-/m1/s1. The summed E-state index contributed by atoms with van der Waals surface area (Å²) in [5, 5.41) is 13.3. The van der Waals surface area contributed by atoms with Gasteiger partial charge in [-0.05, 0) is 24.6 Å². The van der Waals surface area contributed by atoms with Crippen LogP contribution in [0, 0.1) is 0 Å². The number of carbonyl (C=O) groups excluding carboxylic acids is 2. The number of aryl methyl sites for hydroxylation is 1. The number of halogens is 2. The molecule has 0 spiro atoms. The van der Waals surface area contributed by atoms with Gasteiger partial charge in [0, 0.05) is 31.4 Å². The lowest BCUT2D eigenvalue weighted by atomic mass is 10.0. The Labute approximate surface area is 237 Å². The average molecular weight is 586 g/mol. The van der Waals surface area contributed by atoms with E-state index in [-0.39, 0.29) is 44.8 Å². The second-order valence-corrected chi connectivity index (χ2v) is 10.3. The highest BCUT2D eigenvalue weighted by atomic mass is 35.5. The minimum absolute atomic E-state index is 0.104. The number of nitrogens with two attached hydrogens (primary N) is 1. The summed E-state index contributed by atoms with van der Waals surface area (Å²) in [5.74, 6) is -1.13. The average Bonchev–Trinajstić information content (AvgIpc) is 3.27. The Morgan fingerprint density at radius 1 is 1.23 bits per heavy atom. The van der Waals surface area contributed by atoms with Crippen LogP contribution in [-0.4, -0.2) is 61.8 Å². The van der Waals surface area contributed by atoms with E-state index in [1.165, 1.54) is 33.8 Å². The van der Waals surface area contributed by atoms with Crippen LogP contribution >= 0.6 is 23.2 Å². The summed E-state index contributed by atoms with van der Waals surface area (Å²) in [6.45, 7) is 3.59. The Morgan fingerprint density at radius 2 is 2.00 bits per heavy atom. The summed E-state index contributed by atoms with van der Waals surface area (Å²) in [6.07, 6.45) is 4.38. The molecule has 4 N–H and O–H groups in total. The van der Waals surface area contributed by atoms with E-state index in [1.807, 2.05) is 6.92 Å². The number of hydrogen-bond acceptors (Lipinski definition) is 8. The number of phenols is 1. The number of aromatic nitrogens is 4. The van der Waals surface area contributed by atoms with Gasteiger partial charge < -0.3 is 34.9 Å². The molecule has 1 aliphatic heterocycles. The number of carbonyl (C=O) groups is 2. The second-order valence-electron chi connectivity index (χ2n) is 9.44. The minimum Gasteiger partial charge on any atom is -0.506 e. The number of amides is 2. The zero-order valence-corrected chi connectivity index (χ0v) is 23.0. The normalized spacial score (nSPS) is 15.4. The molecule has 3 aromatic heterocycles. The van der Waals surface area contributed by atoms with Gasteiger partial charge in [0.1, 0.15) is 23.8 Å². The lowest BCUT2D eigenvalue weighted by Gasteiger charge is -2.34. The minimum atomic E-state index is -0.893. The van der Waals surface area contributed by atoms with Crippen molar-refractivity contribution in [1.29, 1.82) is 0 Å². The van der Waals surface area contributed by atoms with Crippen molar-refractivity contribution in [2.45, 2.75) is 19.5 Å². The lowest BCUT2D eigenvalue weighted by Crippen LogP contribution is -2.44. The number of ether oxygens (including phenoxy) is 1. The first-order chi connectivity index (χ1) is 19.0. The first-order valence-corrected chi connectivity index (χ1v) is 13.0. The summed E-state index contributed by atoms with van der Waals surface area (Å²) < 4.78 is 8.29. The van der Waals surface area contributed by atoms with E-state index in [4.69, 9.17) is 33.7 Å². The van der Waals surface area contributed by atoms with E-state index >= 15 is 0 Å². The Hall–Kier alpha value is -4.13. The molecule has 208 valence electrons. The Kier molecular flexibility index (Phi) is 7.41. The van der Waals surface area contributed by atoms with Gasteiger partial charge in [0.2, 0.25) is 5.91 Å². The highest BCUT2D eigenvalue weighted by Gasteiger charge is 2.23. The molecular weight excluding hydrogens is 561 g/mol. The van der Waals surface area contributed by atoms with Crippen LogP contribution in [0.3, 0.4) is 0 Å². The zero-order valence-electron chi connectivity index (χ0n) is 21.5. The molecule has 1 saturated heterocycles. The molecule has 1 aliphatic rings. The molecule has 40 heavy (non-hydrogen) atoms. The maximum Gasteiger partial charge on any atom is 0.263 e. The quantitative estimate of drug-likeness (QED) is 0.311. The molecule has 1 fully saturated rings. The number of morpholine rings is 1. The van der Waals surface area contributed by atoms with Crippen LogP contribution < -0.4 is 21.5 Å². The highest BCUT2D eigenvalue weighted by molar-refractivity contribution is 6.34. The number of aromatic hydroxyl groups is 1. The van der Waals surface area contributed by atoms with Crippen LogP contribution in [0.2, 0.25) is 10.0 Å². The van der Waals surface area contributed by atoms with Gasteiger partial charge in [-0.1, -0.05) is 23.2 Å². The van der Waals surface area contributed by atoms with Gasteiger partial charge in [0.05, 0.1) is 58.5 Å². The Balaban J connectivity index is 1.50. The molecule has 14 heteroatoms. The fourth-order valence-electron chi connectivity index (χ4n) is 4.64. The molecule has 0 bridgehead atoms. The SMILES string of the molecule is C[C@@H]1COCCN1c1cc(NC(=O)Cn2cc(-c3cc(Cl)c(O)c(C(N)=O)c3)c3c(=O)n(C)cnc32)c(Cl)cn1. The molecule has 0 radical (unpaired) electrons. The lowest BCUT2D eigenvalue weighted by molar-refractivity contribution is -0.116.